The van der Waals surface area contributed by atoms with Crippen molar-refractivity contribution in [2.24, 2.45) is 5.92 Å². The number of pyridine rings is 1. The molecule has 1 aromatic heterocycles. The number of nitrogens with one attached hydrogen (secondary N) is 3. The van der Waals surface area contributed by atoms with Gasteiger partial charge in [0.2, 0.25) is 27.7 Å². The first-order valence-corrected chi connectivity index (χ1v) is 21.2. The molecule has 0 unspecified atom stereocenters. The highest BCUT2D eigenvalue weighted by molar-refractivity contribution is 7.91. The van der Waals surface area contributed by atoms with Crippen LogP contribution in [0.2, 0.25) is 0 Å². The Labute approximate surface area is 317 Å². The minimum absolute atomic E-state index is 0.0368. The van der Waals surface area contributed by atoms with E-state index in [1.807, 2.05) is 30.4 Å². The monoisotopic (exact) mass is 763 g/mol. The molecule has 3 aliphatic carbocycles. The standard InChI is InChI=1S/C40H53N5O8S/c1-39(2,3)53-38(49)42-32-19-10-6-4-5-8-14-25-23-40(25,37(48)44-54(50,51)27-20-21-27)43-34(46)33-22-26(24-45(33)36(32)47)52-35-30-17-13-12-15-28(30)29-16-9-7-11-18-31(29)41-35/h8,12-15,17,25-27,32-33H,4-7,9-11,16,18-24H2,1-3H3,(H,42,49)(H,43,46)(H,44,48)/b14-8-/t25-,26-,32+,33+,40-/m1/s1. The summed E-state index contributed by atoms with van der Waals surface area (Å²) in [6.07, 6.45) is 12.1. The third kappa shape index (κ3) is 8.38. The Balaban J connectivity index is 1.21. The smallest absolute Gasteiger partial charge is 0.408 e. The van der Waals surface area contributed by atoms with E-state index in [1.54, 1.807) is 20.8 Å². The summed E-state index contributed by atoms with van der Waals surface area (Å²) in [5.74, 6) is -1.77. The highest BCUT2D eigenvalue weighted by Crippen LogP contribution is 2.46. The highest BCUT2D eigenvalue weighted by atomic mass is 32.2. The molecule has 3 heterocycles. The fourth-order valence-corrected chi connectivity index (χ4v) is 9.50. The van der Waals surface area contributed by atoms with Crippen LogP contribution in [0.25, 0.3) is 10.8 Å². The van der Waals surface area contributed by atoms with Crippen LogP contribution in [0.5, 0.6) is 5.88 Å². The molecule has 292 valence electrons. The number of aryl methyl sites for hydroxylation is 2. The zero-order valence-electron chi connectivity index (χ0n) is 31.5. The molecule has 4 amide bonds. The van der Waals surface area contributed by atoms with E-state index in [0.717, 1.165) is 61.4 Å². The van der Waals surface area contributed by atoms with Crippen LogP contribution in [-0.4, -0.2) is 83.2 Å². The lowest BCUT2D eigenvalue weighted by Crippen LogP contribution is -2.58. The lowest BCUT2D eigenvalue weighted by Gasteiger charge is -2.30. The number of nitrogens with zero attached hydrogens (tertiary/aromatic N) is 2. The Morgan fingerprint density at radius 3 is 2.48 bits per heavy atom. The molecule has 5 atom stereocenters. The first-order chi connectivity index (χ1) is 25.7. The number of carbonyl (C=O) groups is 4. The summed E-state index contributed by atoms with van der Waals surface area (Å²) < 4.78 is 40.2. The van der Waals surface area contributed by atoms with E-state index in [0.29, 0.717) is 38.0 Å². The zero-order chi connectivity index (χ0) is 38.3. The Kier molecular flexibility index (Phi) is 10.7. The van der Waals surface area contributed by atoms with Gasteiger partial charge in [0.1, 0.15) is 29.3 Å². The molecular weight excluding hydrogens is 711 g/mol. The van der Waals surface area contributed by atoms with Crippen molar-refractivity contribution in [3.63, 3.8) is 0 Å². The summed E-state index contributed by atoms with van der Waals surface area (Å²) in [6.45, 7) is 5.27. The number of rotatable bonds is 6. The van der Waals surface area contributed by atoms with Crippen LogP contribution in [-0.2, 0) is 42.0 Å². The zero-order valence-corrected chi connectivity index (χ0v) is 32.3. The lowest BCUT2D eigenvalue weighted by molar-refractivity contribution is -0.141. The number of ether oxygens (including phenoxy) is 2. The van der Waals surface area contributed by atoms with Crippen molar-refractivity contribution in [1.82, 2.24) is 25.2 Å². The van der Waals surface area contributed by atoms with Crippen LogP contribution in [0.15, 0.2) is 36.4 Å². The second-order valence-electron chi connectivity index (χ2n) is 16.6. The maximum absolute atomic E-state index is 14.6. The van der Waals surface area contributed by atoms with Gasteiger partial charge in [-0.3, -0.25) is 19.1 Å². The van der Waals surface area contributed by atoms with Crippen molar-refractivity contribution in [3.8, 4) is 5.88 Å². The minimum atomic E-state index is -3.88. The summed E-state index contributed by atoms with van der Waals surface area (Å²) in [5, 5.41) is 7.03. The molecule has 5 aliphatic rings. The second kappa shape index (κ2) is 15.1. The van der Waals surface area contributed by atoms with E-state index in [-0.39, 0.29) is 19.4 Å². The van der Waals surface area contributed by atoms with Crippen LogP contribution in [0, 0.1) is 5.92 Å². The van der Waals surface area contributed by atoms with Gasteiger partial charge >= 0.3 is 6.09 Å². The Hall–Kier alpha value is -4.20. The van der Waals surface area contributed by atoms with Crippen LogP contribution in [0.1, 0.15) is 109 Å². The van der Waals surface area contributed by atoms with Crippen molar-refractivity contribution in [3.05, 3.63) is 47.7 Å². The van der Waals surface area contributed by atoms with Gasteiger partial charge < -0.3 is 25.0 Å². The topological polar surface area (TPSA) is 173 Å². The van der Waals surface area contributed by atoms with Crippen molar-refractivity contribution in [2.75, 3.05) is 6.54 Å². The fourth-order valence-electron chi connectivity index (χ4n) is 8.14. The minimum Gasteiger partial charge on any atom is -0.472 e. The molecule has 3 fully saturated rings. The molecule has 2 saturated carbocycles. The second-order valence-corrected chi connectivity index (χ2v) is 18.6. The maximum atomic E-state index is 14.6. The van der Waals surface area contributed by atoms with Crippen molar-refractivity contribution >= 4 is 44.6 Å². The number of allylic oxidation sites excluding steroid dienone is 1. The SMILES string of the molecule is CC(C)(C)OC(=O)N[C@H]1CCCCC/C=C\[C@@H]2C[C@@]2(C(=O)NS(=O)(=O)C2CC2)NC(=O)[C@@H]2C[C@@H](Oc3nc4c(c5ccccc35)CCCCC4)CN2C1=O. The summed E-state index contributed by atoms with van der Waals surface area (Å²) in [5.41, 5.74) is -0.0284. The number of hydrogen-bond donors (Lipinski definition) is 3. The van der Waals surface area contributed by atoms with Gasteiger partial charge in [-0.25, -0.2) is 18.2 Å². The molecule has 0 radical (unpaired) electrons. The van der Waals surface area contributed by atoms with E-state index in [1.165, 1.54) is 10.5 Å². The largest absolute Gasteiger partial charge is 0.472 e. The van der Waals surface area contributed by atoms with Gasteiger partial charge in [-0.05, 0) is 102 Å². The molecule has 2 aliphatic heterocycles. The van der Waals surface area contributed by atoms with Gasteiger partial charge in [0.05, 0.1) is 11.8 Å². The lowest BCUT2D eigenvalue weighted by atomic mass is 10.0. The van der Waals surface area contributed by atoms with Gasteiger partial charge in [0, 0.05) is 23.4 Å². The van der Waals surface area contributed by atoms with Gasteiger partial charge in [0.15, 0.2) is 0 Å². The van der Waals surface area contributed by atoms with Crippen molar-refractivity contribution in [1.29, 1.82) is 0 Å². The number of amides is 4. The predicted molar refractivity (Wildman–Crippen MR) is 202 cm³/mol. The average molecular weight is 764 g/mol. The third-order valence-electron chi connectivity index (χ3n) is 11.2. The normalized spacial score (nSPS) is 28.5. The molecule has 54 heavy (non-hydrogen) atoms. The predicted octanol–water partition coefficient (Wildman–Crippen LogP) is 4.75. The van der Waals surface area contributed by atoms with Gasteiger partial charge in [-0.2, -0.15) is 0 Å². The van der Waals surface area contributed by atoms with Crippen LogP contribution in [0.4, 0.5) is 4.79 Å². The van der Waals surface area contributed by atoms with Gasteiger partial charge in [-0.15, -0.1) is 0 Å². The fraction of sp³-hybridized carbons (Fsp3) is 0.625. The summed E-state index contributed by atoms with van der Waals surface area (Å²) >= 11 is 0. The molecule has 0 bridgehead atoms. The van der Waals surface area contributed by atoms with Crippen LogP contribution in [0.3, 0.4) is 0 Å². The quantitative estimate of drug-likeness (QED) is 0.277. The first kappa shape index (κ1) is 38.1. The third-order valence-corrected chi connectivity index (χ3v) is 13.0. The number of hydrogen-bond acceptors (Lipinski definition) is 9. The maximum Gasteiger partial charge on any atom is 0.408 e. The summed E-state index contributed by atoms with van der Waals surface area (Å²) in [7, 11) is -3.88. The number of carbonyl (C=O) groups excluding carboxylic acids is 4. The van der Waals surface area contributed by atoms with Crippen LogP contribution < -0.4 is 20.1 Å². The Morgan fingerprint density at radius 1 is 0.981 bits per heavy atom. The molecule has 14 heteroatoms. The van der Waals surface area contributed by atoms with Gasteiger partial charge in [0.25, 0.3) is 5.91 Å². The average Bonchev–Trinajstić information content (AvgIpc) is 4.03. The Bertz CT molecular complexity index is 1940. The molecule has 1 aromatic carbocycles. The molecule has 13 nitrogen and oxygen atoms in total. The van der Waals surface area contributed by atoms with Crippen molar-refractivity contribution in [2.45, 2.75) is 145 Å². The number of aromatic nitrogens is 1. The van der Waals surface area contributed by atoms with E-state index >= 15 is 0 Å². The first-order valence-electron chi connectivity index (χ1n) is 19.7. The Morgan fingerprint density at radius 2 is 1.72 bits per heavy atom. The number of sulfonamides is 1. The van der Waals surface area contributed by atoms with E-state index in [9.17, 15) is 27.6 Å². The van der Waals surface area contributed by atoms with E-state index in [4.69, 9.17) is 14.5 Å². The molecular formula is C40H53N5O8S. The van der Waals surface area contributed by atoms with Crippen LogP contribution >= 0.6 is 0 Å². The summed E-state index contributed by atoms with van der Waals surface area (Å²) in [6, 6.07) is 5.97. The molecule has 0 spiro atoms. The molecule has 3 N–H and O–H groups in total. The number of alkyl carbamates (subject to hydrolysis) is 1. The molecule has 1 saturated heterocycles. The highest BCUT2D eigenvalue weighted by Gasteiger charge is 2.62. The van der Waals surface area contributed by atoms with E-state index in [2.05, 4.69) is 21.4 Å². The summed E-state index contributed by atoms with van der Waals surface area (Å²) in [4.78, 5) is 62.3. The van der Waals surface area contributed by atoms with Crippen molar-refractivity contribution < 1.29 is 37.1 Å². The molecule has 7 rings (SSSR count). The van der Waals surface area contributed by atoms with E-state index < -0.39 is 74.3 Å². The molecule has 2 aromatic rings. The van der Waals surface area contributed by atoms with Gasteiger partial charge in [-0.1, -0.05) is 49.6 Å². The number of benzene rings is 1. The number of fused-ring (bicyclic) bond motifs is 5.